The molecule has 2 saturated heterocycles. The van der Waals surface area contributed by atoms with Gasteiger partial charge >= 0.3 is 0 Å². The maximum Gasteiger partial charge on any atom is 0.243 e. The van der Waals surface area contributed by atoms with Crippen LogP contribution in [0, 0.1) is 5.82 Å². The average molecular weight is 342 g/mol. The quantitative estimate of drug-likeness (QED) is 0.836. The van der Waals surface area contributed by atoms with E-state index in [0.29, 0.717) is 19.6 Å². The molecule has 23 heavy (non-hydrogen) atoms. The summed E-state index contributed by atoms with van der Waals surface area (Å²) >= 11 is 0. The maximum absolute atomic E-state index is 13.0. The Labute approximate surface area is 137 Å². The zero-order chi connectivity index (χ0) is 16.3. The summed E-state index contributed by atoms with van der Waals surface area (Å²) in [5.41, 5.74) is 0. The van der Waals surface area contributed by atoms with E-state index in [0.717, 1.165) is 39.0 Å². The number of hydrogen-bond acceptors (Lipinski definition) is 4. The highest BCUT2D eigenvalue weighted by Crippen LogP contribution is 2.19. The lowest BCUT2D eigenvalue weighted by molar-refractivity contribution is 0.0749. The first-order chi connectivity index (χ1) is 11.1. The first kappa shape index (κ1) is 16.8. The molecule has 2 fully saturated rings. The van der Waals surface area contributed by atoms with E-state index in [2.05, 4.69) is 4.90 Å². The standard InChI is InChI=1S/C16H23FN2O3S/c17-14-4-6-16(7-5-14)23(20,21)19-9-2-8-18(10-11-19)13-15-3-1-12-22-15/h4-7,15H,1-3,8-13H2. The molecule has 0 saturated carbocycles. The van der Waals surface area contributed by atoms with Crippen molar-refractivity contribution in [3.63, 3.8) is 0 Å². The van der Waals surface area contributed by atoms with Gasteiger partial charge in [0.1, 0.15) is 5.82 Å². The predicted octanol–water partition coefficient (Wildman–Crippen LogP) is 1.70. The zero-order valence-corrected chi connectivity index (χ0v) is 14.0. The second-order valence-corrected chi connectivity index (χ2v) is 8.09. The van der Waals surface area contributed by atoms with Gasteiger partial charge in [0.2, 0.25) is 10.0 Å². The van der Waals surface area contributed by atoms with E-state index < -0.39 is 15.8 Å². The molecule has 0 bridgehead atoms. The Morgan fingerprint density at radius 1 is 1.09 bits per heavy atom. The summed E-state index contributed by atoms with van der Waals surface area (Å²) in [6.45, 7) is 4.28. The third kappa shape index (κ3) is 4.09. The van der Waals surface area contributed by atoms with Gasteiger partial charge < -0.3 is 4.74 Å². The monoisotopic (exact) mass is 342 g/mol. The van der Waals surface area contributed by atoms with Crippen LogP contribution in [-0.4, -0.2) is 63.1 Å². The van der Waals surface area contributed by atoms with Gasteiger partial charge in [-0.15, -0.1) is 0 Å². The minimum atomic E-state index is -3.54. The third-order valence-electron chi connectivity index (χ3n) is 4.48. The SMILES string of the molecule is O=S(=O)(c1ccc(F)cc1)N1CCCN(CC2CCCO2)CC1. The van der Waals surface area contributed by atoms with Crippen molar-refractivity contribution in [2.24, 2.45) is 0 Å². The second kappa shape index (κ2) is 7.25. The molecule has 1 atom stereocenters. The molecule has 1 aromatic carbocycles. The van der Waals surface area contributed by atoms with E-state index in [4.69, 9.17) is 4.74 Å². The average Bonchev–Trinajstić information content (AvgIpc) is 2.91. The van der Waals surface area contributed by atoms with Crippen LogP contribution in [0.4, 0.5) is 4.39 Å². The van der Waals surface area contributed by atoms with Crippen molar-refractivity contribution in [2.75, 3.05) is 39.3 Å². The Bertz CT molecular complexity index is 615. The predicted molar refractivity (Wildman–Crippen MR) is 85.2 cm³/mol. The molecule has 2 aliphatic heterocycles. The third-order valence-corrected chi connectivity index (χ3v) is 6.40. The first-order valence-electron chi connectivity index (χ1n) is 8.15. The molecule has 1 aromatic rings. The Hall–Kier alpha value is -1.02. The van der Waals surface area contributed by atoms with Gasteiger partial charge in [-0.05, 0) is 50.1 Å². The molecule has 0 spiro atoms. The molecule has 3 rings (SSSR count). The van der Waals surface area contributed by atoms with Gasteiger partial charge in [0.25, 0.3) is 0 Å². The van der Waals surface area contributed by atoms with Crippen LogP contribution in [0.2, 0.25) is 0 Å². The Kier molecular flexibility index (Phi) is 5.31. The van der Waals surface area contributed by atoms with Crippen LogP contribution < -0.4 is 0 Å². The molecule has 0 amide bonds. The highest BCUT2D eigenvalue weighted by molar-refractivity contribution is 7.89. The largest absolute Gasteiger partial charge is 0.377 e. The van der Waals surface area contributed by atoms with Crippen molar-refractivity contribution >= 4 is 10.0 Å². The van der Waals surface area contributed by atoms with Crippen LogP contribution in [0.25, 0.3) is 0 Å². The molecule has 0 radical (unpaired) electrons. The lowest BCUT2D eigenvalue weighted by Gasteiger charge is -2.23. The van der Waals surface area contributed by atoms with Crippen LogP contribution in [-0.2, 0) is 14.8 Å². The Morgan fingerprint density at radius 2 is 1.87 bits per heavy atom. The number of ether oxygens (including phenoxy) is 1. The van der Waals surface area contributed by atoms with Crippen LogP contribution in [0.1, 0.15) is 19.3 Å². The van der Waals surface area contributed by atoms with Gasteiger partial charge in [0.15, 0.2) is 0 Å². The van der Waals surface area contributed by atoms with E-state index in [1.165, 1.54) is 28.6 Å². The molecular formula is C16H23FN2O3S. The van der Waals surface area contributed by atoms with Crippen molar-refractivity contribution in [2.45, 2.75) is 30.3 Å². The molecule has 7 heteroatoms. The van der Waals surface area contributed by atoms with E-state index in [9.17, 15) is 12.8 Å². The molecule has 1 unspecified atom stereocenters. The molecule has 128 valence electrons. The topological polar surface area (TPSA) is 49.9 Å². The van der Waals surface area contributed by atoms with Gasteiger partial charge in [0, 0.05) is 32.8 Å². The van der Waals surface area contributed by atoms with E-state index in [1.54, 1.807) is 0 Å². The summed E-state index contributed by atoms with van der Waals surface area (Å²) in [6, 6.07) is 5.04. The first-order valence-corrected chi connectivity index (χ1v) is 9.59. The second-order valence-electron chi connectivity index (χ2n) is 6.15. The van der Waals surface area contributed by atoms with Gasteiger partial charge in [-0.3, -0.25) is 4.90 Å². The number of sulfonamides is 1. The van der Waals surface area contributed by atoms with E-state index in [-0.39, 0.29) is 11.0 Å². The molecular weight excluding hydrogens is 319 g/mol. The van der Waals surface area contributed by atoms with Crippen LogP contribution in [0.5, 0.6) is 0 Å². The van der Waals surface area contributed by atoms with Gasteiger partial charge in [-0.1, -0.05) is 0 Å². The van der Waals surface area contributed by atoms with Crippen LogP contribution in [0.15, 0.2) is 29.2 Å². The summed E-state index contributed by atoms with van der Waals surface area (Å²) in [6.07, 6.45) is 3.29. The zero-order valence-electron chi connectivity index (χ0n) is 13.2. The van der Waals surface area contributed by atoms with Crippen molar-refractivity contribution in [3.8, 4) is 0 Å². The van der Waals surface area contributed by atoms with Crippen molar-refractivity contribution in [1.29, 1.82) is 0 Å². The van der Waals surface area contributed by atoms with E-state index in [1.807, 2.05) is 0 Å². The maximum atomic E-state index is 13.0. The fraction of sp³-hybridized carbons (Fsp3) is 0.625. The summed E-state index contributed by atoms with van der Waals surface area (Å²) in [7, 11) is -3.54. The number of nitrogens with zero attached hydrogens (tertiary/aromatic N) is 2. The highest BCUT2D eigenvalue weighted by Gasteiger charge is 2.28. The summed E-state index contributed by atoms with van der Waals surface area (Å²) in [5, 5.41) is 0. The Balaban J connectivity index is 1.63. The van der Waals surface area contributed by atoms with Crippen molar-refractivity contribution in [1.82, 2.24) is 9.21 Å². The van der Waals surface area contributed by atoms with Crippen molar-refractivity contribution < 1.29 is 17.5 Å². The molecule has 0 aromatic heterocycles. The van der Waals surface area contributed by atoms with Gasteiger partial charge in [-0.25, -0.2) is 12.8 Å². The minimum absolute atomic E-state index is 0.159. The molecule has 0 N–H and O–H groups in total. The lowest BCUT2D eigenvalue weighted by atomic mass is 10.2. The summed E-state index contributed by atoms with van der Waals surface area (Å²) in [4.78, 5) is 2.45. The highest BCUT2D eigenvalue weighted by atomic mass is 32.2. The number of rotatable bonds is 4. The van der Waals surface area contributed by atoms with Gasteiger partial charge in [0.05, 0.1) is 11.0 Å². The normalized spacial score (nSPS) is 24.7. The van der Waals surface area contributed by atoms with E-state index >= 15 is 0 Å². The lowest BCUT2D eigenvalue weighted by Crippen LogP contribution is -2.37. The molecule has 2 aliphatic rings. The number of benzene rings is 1. The van der Waals surface area contributed by atoms with Crippen LogP contribution in [0.3, 0.4) is 0 Å². The smallest absolute Gasteiger partial charge is 0.243 e. The molecule has 2 heterocycles. The summed E-state index contributed by atoms with van der Waals surface area (Å²) < 4.78 is 45.5. The Morgan fingerprint density at radius 3 is 2.57 bits per heavy atom. The number of halogens is 1. The van der Waals surface area contributed by atoms with Crippen molar-refractivity contribution in [3.05, 3.63) is 30.1 Å². The fourth-order valence-corrected chi connectivity index (χ4v) is 4.67. The van der Waals surface area contributed by atoms with Gasteiger partial charge in [-0.2, -0.15) is 4.31 Å². The summed E-state index contributed by atoms with van der Waals surface area (Å²) in [5.74, 6) is -0.428. The molecule has 5 nitrogen and oxygen atoms in total. The molecule has 0 aliphatic carbocycles. The minimum Gasteiger partial charge on any atom is -0.377 e. The number of hydrogen-bond donors (Lipinski definition) is 0. The van der Waals surface area contributed by atoms with Crippen LogP contribution >= 0.6 is 0 Å². The fourth-order valence-electron chi connectivity index (χ4n) is 3.20.